The fourth-order valence-electron chi connectivity index (χ4n) is 2.33. The summed E-state index contributed by atoms with van der Waals surface area (Å²) >= 11 is 0. The highest BCUT2D eigenvalue weighted by Gasteiger charge is 2.40. The summed E-state index contributed by atoms with van der Waals surface area (Å²) in [5.74, 6) is 0.148. The van der Waals surface area contributed by atoms with Crippen molar-refractivity contribution in [1.29, 1.82) is 0 Å². The zero-order chi connectivity index (χ0) is 15.7. The molecular weight excluding hydrogens is 302 g/mol. The summed E-state index contributed by atoms with van der Waals surface area (Å²) in [6.07, 6.45) is 0. The van der Waals surface area contributed by atoms with Crippen molar-refractivity contribution in [1.82, 2.24) is 4.31 Å². The molecule has 22 heavy (non-hydrogen) atoms. The van der Waals surface area contributed by atoms with E-state index in [0.29, 0.717) is 5.75 Å². The van der Waals surface area contributed by atoms with E-state index in [1.54, 1.807) is 12.1 Å². The summed E-state index contributed by atoms with van der Waals surface area (Å²) in [5.41, 5.74) is 1.33. The van der Waals surface area contributed by atoms with E-state index in [4.69, 9.17) is 4.74 Å². The van der Waals surface area contributed by atoms with Crippen LogP contribution < -0.4 is 4.74 Å². The summed E-state index contributed by atoms with van der Waals surface area (Å²) in [6.45, 7) is 2.07. The van der Waals surface area contributed by atoms with Gasteiger partial charge in [0.2, 0.25) is 0 Å². The van der Waals surface area contributed by atoms with Gasteiger partial charge in [0.05, 0.1) is 12.1 Å². The number of ether oxygens (including phenoxy) is 1. The highest BCUT2D eigenvalue weighted by atomic mass is 32.2. The van der Waals surface area contributed by atoms with Gasteiger partial charge in [0, 0.05) is 0 Å². The lowest BCUT2D eigenvalue weighted by Crippen LogP contribution is -2.33. The number of amides is 1. The Bertz CT molecular complexity index is 812. The van der Waals surface area contributed by atoms with E-state index in [9.17, 15) is 13.2 Å². The van der Waals surface area contributed by atoms with E-state index in [1.165, 1.54) is 12.1 Å². The molecule has 6 heteroatoms. The number of aryl methyl sites for hydroxylation is 1. The second-order valence-electron chi connectivity index (χ2n) is 5.04. The maximum atomic E-state index is 12.3. The predicted octanol–water partition coefficient (Wildman–Crippen LogP) is 2.22. The summed E-state index contributed by atoms with van der Waals surface area (Å²) in [5, 5.41) is 0. The van der Waals surface area contributed by atoms with Crippen LogP contribution in [0.4, 0.5) is 0 Å². The van der Waals surface area contributed by atoms with Gasteiger partial charge in [-0.15, -0.1) is 0 Å². The van der Waals surface area contributed by atoms with E-state index in [2.05, 4.69) is 0 Å². The monoisotopic (exact) mass is 317 g/mol. The minimum Gasteiger partial charge on any atom is -0.492 e. The van der Waals surface area contributed by atoms with Crippen molar-refractivity contribution in [2.45, 2.75) is 11.8 Å². The van der Waals surface area contributed by atoms with Gasteiger partial charge in [-0.1, -0.05) is 29.8 Å². The molecule has 0 bridgehead atoms. The molecule has 0 radical (unpaired) electrons. The van der Waals surface area contributed by atoms with E-state index in [1.807, 2.05) is 31.2 Å². The molecule has 2 aromatic carbocycles. The molecule has 114 valence electrons. The number of sulfonamides is 1. The van der Waals surface area contributed by atoms with Gasteiger partial charge in [-0.25, -0.2) is 12.7 Å². The topological polar surface area (TPSA) is 63.7 Å². The Balaban J connectivity index is 1.71. The zero-order valence-corrected chi connectivity index (χ0v) is 12.8. The molecule has 0 N–H and O–H groups in total. The largest absolute Gasteiger partial charge is 0.492 e. The summed E-state index contributed by atoms with van der Waals surface area (Å²) < 4.78 is 31.0. The Kier molecular flexibility index (Phi) is 3.62. The number of nitrogens with zero attached hydrogens (tertiary/aromatic N) is 1. The third-order valence-electron chi connectivity index (χ3n) is 3.50. The molecule has 2 aromatic rings. The van der Waals surface area contributed by atoms with Gasteiger partial charge in [-0.3, -0.25) is 4.79 Å². The van der Waals surface area contributed by atoms with Crippen molar-refractivity contribution >= 4 is 15.9 Å². The van der Waals surface area contributed by atoms with Crippen LogP contribution >= 0.6 is 0 Å². The van der Waals surface area contributed by atoms with Gasteiger partial charge in [0.25, 0.3) is 15.9 Å². The first kappa shape index (κ1) is 14.6. The molecule has 0 unspecified atom stereocenters. The number of hydrogen-bond donors (Lipinski definition) is 0. The molecule has 3 rings (SSSR count). The van der Waals surface area contributed by atoms with Crippen molar-refractivity contribution in [2.24, 2.45) is 0 Å². The lowest BCUT2D eigenvalue weighted by Gasteiger charge is -2.15. The van der Waals surface area contributed by atoms with Gasteiger partial charge in [0.1, 0.15) is 17.3 Å². The molecule has 0 aromatic heterocycles. The first-order valence-corrected chi connectivity index (χ1v) is 8.30. The molecule has 1 aliphatic rings. The molecule has 0 saturated heterocycles. The smallest absolute Gasteiger partial charge is 0.269 e. The number of hydrogen-bond acceptors (Lipinski definition) is 4. The molecule has 0 atom stereocenters. The SMILES string of the molecule is Cc1ccc(OCCN2C(=O)c3ccccc3S2(=O)=O)cc1. The van der Waals surface area contributed by atoms with Gasteiger partial charge in [0.15, 0.2) is 0 Å². The highest BCUT2D eigenvalue weighted by Crippen LogP contribution is 2.29. The van der Waals surface area contributed by atoms with Crippen LogP contribution in [0.2, 0.25) is 0 Å². The van der Waals surface area contributed by atoms with Crippen LogP contribution in [0.25, 0.3) is 0 Å². The van der Waals surface area contributed by atoms with Gasteiger partial charge in [-0.2, -0.15) is 0 Å². The minimum atomic E-state index is -3.75. The fourth-order valence-corrected chi connectivity index (χ4v) is 3.89. The quantitative estimate of drug-likeness (QED) is 0.867. The number of benzene rings is 2. The van der Waals surface area contributed by atoms with E-state index in [0.717, 1.165) is 9.87 Å². The molecule has 1 heterocycles. The van der Waals surface area contributed by atoms with Crippen molar-refractivity contribution in [2.75, 3.05) is 13.2 Å². The normalized spacial score (nSPS) is 15.7. The van der Waals surface area contributed by atoms with Gasteiger partial charge in [-0.05, 0) is 31.2 Å². The number of carbonyl (C=O) groups is 1. The molecule has 1 aliphatic heterocycles. The first-order valence-electron chi connectivity index (χ1n) is 6.86. The average molecular weight is 317 g/mol. The Hall–Kier alpha value is -2.34. The van der Waals surface area contributed by atoms with Crippen molar-refractivity contribution in [3.8, 4) is 5.75 Å². The fraction of sp³-hybridized carbons (Fsp3) is 0.188. The summed E-state index contributed by atoms with van der Waals surface area (Å²) in [4.78, 5) is 12.3. The second-order valence-corrected chi connectivity index (χ2v) is 6.87. The number of carbonyl (C=O) groups excluding carboxylic acids is 1. The molecule has 0 spiro atoms. The molecule has 0 aliphatic carbocycles. The van der Waals surface area contributed by atoms with E-state index >= 15 is 0 Å². The van der Waals surface area contributed by atoms with Crippen LogP contribution in [0, 0.1) is 6.92 Å². The van der Waals surface area contributed by atoms with Crippen LogP contribution in [-0.4, -0.2) is 31.8 Å². The lowest BCUT2D eigenvalue weighted by atomic mass is 10.2. The Labute approximate surface area is 129 Å². The number of rotatable bonds is 4. The van der Waals surface area contributed by atoms with Crippen molar-refractivity contribution < 1.29 is 17.9 Å². The molecule has 0 fully saturated rings. The molecule has 5 nitrogen and oxygen atoms in total. The first-order chi connectivity index (χ1) is 10.5. The summed E-state index contributed by atoms with van der Waals surface area (Å²) in [7, 11) is -3.75. The van der Waals surface area contributed by atoms with Crippen LogP contribution in [0.3, 0.4) is 0 Å². The van der Waals surface area contributed by atoms with E-state index in [-0.39, 0.29) is 23.6 Å². The van der Waals surface area contributed by atoms with Crippen LogP contribution in [0.15, 0.2) is 53.4 Å². The molecular formula is C16H15NO4S. The van der Waals surface area contributed by atoms with Gasteiger partial charge < -0.3 is 4.74 Å². The third-order valence-corrected chi connectivity index (χ3v) is 5.34. The Morgan fingerprint density at radius 1 is 1.05 bits per heavy atom. The van der Waals surface area contributed by atoms with Crippen molar-refractivity contribution in [3.05, 3.63) is 59.7 Å². The maximum Gasteiger partial charge on any atom is 0.269 e. The maximum absolute atomic E-state index is 12.3. The second kappa shape index (κ2) is 5.46. The Morgan fingerprint density at radius 2 is 1.73 bits per heavy atom. The highest BCUT2D eigenvalue weighted by molar-refractivity contribution is 7.90. The lowest BCUT2D eigenvalue weighted by molar-refractivity contribution is 0.0857. The van der Waals surface area contributed by atoms with Gasteiger partial charge >= 0.3 is 0 Å². The van der Waals surface area contributed by atoms with Crippen LogP contribution in [0.5, 0.6) is 5.75 Å². The summed E-state index contributed by atoms with van der Waals surface area (Å²) in [6, 6.07) is 13.7. The Morgan fingerprint density at radius 3 is 2.41 bits per heavy atom. The van der Waals surface area contributed by atoms with Crippen LogP contribution in [-0.2, 0) is 10.0 Å². The third kappa shape index (κ3) is 2.46. The number of fused-ring (bicyclic) bond motifs is 1. The van der Waals surface area contributed by atoms with E-state index < -0.39 is 15.9 Å². The predicted molar refractivity (Wildman–Crippen MR) is 81.3 cm³/mol. The minimum absolute atomic E-state index is 0.0102. The van der Waals surface area contributed by atoms with Crippen LogP contribution in [0.1, 0.15) is 15.9 Å². The molecule has 1 amide bonds. The zero-order valence-electron chi connectivity index (χ0n) is 12.0. The average Bonchev–Trinajstić information content (AvgIpc) is 2.70. The standard InChI is InChI=1S/C16H15NO4S/c1-12-6-8-13(9-7-12)21-11-10-17-16(18)14-4-2-3-5-15(14)22(17,19)20/h2-9H,10-11H2,1H3. The van der Waals surface area contributed by atoms with Crippen molar-refractivity contribution in [3.63, 3.8) is 0 Å². The molecule has 0 saturated carbocycles.